The highest BCUT2D eigenvalue weighted by Crippen LogP contribution is 2.25. The van der Waals surface area contributed by atoms with Crippen molar-refractivity contribution >= 4 is 15.9 Å². The molecule has 2 atom stereocenters. The number of hydrogen-bond acceptors (Lipinski definition) is 6. The third-order valence-corrected chi connectivity index (χ3v) is 5.61. The first-order chi connectivity index (χ1) is 11.7. The molecule has 0 aliphatic carbocycles. The molecule has 140 valence electrons. The molecule has 2 unspecified atom stereocenters. The van der Waals surface area contributed by atoms with Gasteiger partial charge in [-0.05, 0) is 32.0 Å². The lowest BCUT2D eigenvalue weighted by Crippen LogP contribution is -2.34. The van der Waals surface area contributed by atoms with Gasteiger partial charge in [0.1, 0.15) is 10.6 Å². The van der Waals surface area contributed by atoms with Gasteiger partial charge in [-0.3, -0.25) is 4.79 Å². The van der Waals surface area contributed by atoms with Crippen LogP contribution in [0.25, 0.3) is 0 Å². The maximum absolute atomic E-state index is 12.4. The Morgan fingerprint density at radius 2 is 2.12 bits per heavy atom. The number of hydrogen-bond donors (Lipinski definition) is 4. The number of aliphatic hydroxyl groups is 1. The Morgan fingerprint density at radius 3 is 2.68 bits per heavy atom. The maximum atomic E-state index is 12.4. The molecule has 1 fully saturated rings. The summed E-state index contributed by atoms with van der Waals surface area (Å²) in [5.74, 6) is -0.295. The van der Waals surface area contributed by atoms with E-state index in [9.17, 15) is 18.3 Å². The van der Waals surface area contributed by atoms with Gasteiger partial charge >= 0.3 is 0 Å². The molecule has 1 aromatic rings. The molecular weight excluding hydrogens is 346 g/mol. The number of ether oxygens (including phenoxy) is 1. The molecule has 2 rings (SSSR count). The second kappa shape index (κ2) is 8.13. The number of nitrogens with one attached hydrogen (secondary N) is 3. The van der Waals surface area contributed by atoms with E-state index in [0.29, 0.717) is 19.6 Å². The largest absolute Gasteiger partial charge is 0.495 e. The van der Waals surface area contributed by atoms with Crippen molar-refractivity contribution in [3.63, 3.8) is 0 Å². The zero-order valence-electron chi connectivity index (χ0n) is 14.6. The van der Waals surface area contributed by atoms with Crippen LogP contribution in [0.2, 0.25) is 0 Å². The fourth-order valence-corrected chi connectivity index (χ4v) is 4.10. The molecule has 1 heterocycles. The topological polar surface area (TPSA) is 117 Å². The van der Waals surface area contributed by atoms with E-state index in [1.54, 1.807) is 13.8 Å². The van der Waals surface area contributed by atoms with Gasteiger partial charge in [0, 0.05) is 37.2 Å². The predicted molar refractivity (Wildman–Crippen MR) is 93.2 cm³/mol. The average Bonchev–Trinajstić information content (AvgIpc) is 2.96. The summed E-state index contributed by atoms with van der Waals surface area (Å²) in [6.07, 6.45) is -0.498. The SMILES string of the molecule is COc1ccc(C(=O)NCC2CNCC2O)cc1S(=O)(=O)NC(C)C. The van der Waals surface area contributed by atoms with E-state index < -0.39 is 22.0 Å². The number of carbonyl (C=O) groups excluding carboxylic acids is 1. The summed E-state index contributed by atoms with van der Waals surface area (Å²) >= 11 is 0. The van der Waals surface area contributed by atoms with Crippen molar-refractivity contribution in [2.45, 2.75) is 30.9 Å². The van der Waals surface area contributed by atoms with Gasteiger partial charge in [-0.25, -0.2) is 13.1 Å². The van der Waals surface area contributed by atoms with Gasteiger partial charge in [-0.1, -0.05) is 0 Å². The summed E-state index contributed by atoms with van der Waals surface area (Å²) in [6, 6.07) is 3.97. The summed E-state index contributed by atoms with van der Waals surface area (Å²) < 4.78 is 32.5. The Kier molecular flexibility index (Phi) is 6.39. The average molecular weight is 371 g/mol. The number of rotatable bonds is 7. The zero-order chi connectivity index (χ0) is 18.6. The van der Waals surface area contributed by atoms with Gasteiger partial charge in [-0.2, -0.15) is 0 Å². The zero-order valence-corrected chi connectivity index (χ0v) is 15.4. The molecule has 1 aliphatic rings. The Balaban J connectivity index is 2.18. The molecule has 25 heavy (non-hydrogen) atoms. The van der Waals surface area contributed by atoms with Crippen molar-refractivity contribution in [1.29, 1.82) is 0 Å². The quantitative estimate of drug-likeness (QED) is 0.523. The number of amides is 1. The number of β-amino-alcohol motifs (C(OH)–C–C–N with tert-alkyl or cyclic N) is 1. The highest BCUT2D eigenvalue weighted by atomic mass is 32.2. The lowest BCUT2D eigenvalue weighted by atomic mass is 10.1. The van der Waals surface area contributed by atoms with E-state index >= 15 is 0 Å². The Labute approximate surface area is 148 Å². The molecule has 0 bridgehead atoms. The van der Waals surface area contributed by atoms with E-state index in [-0.39, 0.29) is 28.2 Å². The molecule has 1 amide bonds. The predicted octanol–water partition coefficient (Wildman–Crippen LogP) is -0.308. The minimum absolute atomic E-state index is 0.0620. The molecule has 1 aliphatic heterocycles. The number of sulfonamides is 1. The number of benzene rings is 1. The van der Waals surface area contributed by atoms with Crippen LogP contribution in [0.4, 0.5) is 0 Å². The van der Waals surface area contributed by atoms with E-state index in [1.165, 1.54) is 25.3 Å². The molecule has 0 saturated carbocycles. The monoisotopic (exact) mass is 371 g/mol. The first-order valence-corrected chi connectivity index (χ1v) is 9.60. The number of carbonyl (C=O) groups is 1. The summed E-state index contributed by atoms with van der Waals surface area (Å²) in [7, 11) is -2.43. The molecule has 0 radical (unpaired) electrons. The Hall–Kier alpha value is -1.68. The second-order valence-electron chi connectivity index (χ2n) is 6.34. The van der Waals surface area contributed by atoms with Crippen LogP contribution in [-0.2, 0) is 10.0 Å². The number of methoxy groups -OCH3 is 1. The number of aliphatic hydroxyl groups excluding tert-OH is 1. The van der Waals surface area contributed by atoms with Gasteiger partial charge in [0.05, 0.1) is 13.2 Å². The smallest absolute Gasteiger partial charge is 0.251 e. The lowest BCUT2D eigenvalue weighted by molar-refractivity contribution is 0.0927. The maximum Gasteiger partial charge on any atom is 0.251 e. The molecular formula is C16H25N3O5S. The molecule has 1 aromatic carbocycles. The van der Waals surface area contributed by atoms with Gasteiger partial charge in [0.15, 0.2) is 0 Å². The van der Waals surface area contributed by atoms with E-state index in [4.69, 9.17) is 4.74 Å². The minimum Gasteiger partial charge on any atom is -0.495 e. The van der Waals surface area contributed by atoms with Gasteiger partial charge < -0.3 is 20.5 Å². The van der Waals surface area contributed by atoms with Crippen molar-refractivity contribution in [1.82, 2.24) is 15.4 Å². The van der Waals surface area contributed by atoms with Gasteiger partial charge in [-0.15, -0.1) is 0 Å². The molecule has 4 N–H and O–H groups in total. The third-order valence-electron chi connectivity index (χ3n) is 3.94. The molecule has 0 spiro atoms. The molecule has 1 saturated heterocycles. The third kappa shape index (κ3) is 4.91. The Bertz CT molecular complexity index is 720. The summed E-state index contributed by atoms with van der Waals surface area (Å²) in [5, 5.41) is 15.5. The van der Waals surface area contributed by atoms with Crippen LogP contribution in [0.3, 0.4) is 0 Å². The van der Waals surface area contributed by atoms with Crippen molar-refractivity contribution in [3.8, 4) is 5.75 Å². The van der Waals surface area contributed by atoms with Crippen LogP contribution in [0, 0.1) is 5.92 Å². The standard InChI is InChI=1S/C16H25N3O5S/c1-10(2)19-25(22,23)15-6-11(4-5-14(15)24-3)16(21)18-8-12-7-17-9-13(12)20/h4-6,10,12-13,17,19-20H,7-9H2,1-3H3,(H,18,21). The Morgan fingerprint density at radius 1 is 1.40 bits per heavy atom. The first-order valence-electron chi connectivity index (χ1n) is 8.12. The van der Waals surface area contributed by atoms with Gasteiger partial charge in [0.2, 0.25) is 10.0 Å². The van der Waals surface area contributed by atoms with Crippen LogP contribution in [0.15, 0.2) is 23.1 Å². The highest BCUT2D eigenvalue weighted by molar-refractivity contribution is 7.89. The fraction of sp³-hybridized carbons (Fsp3) is 0.562. The van der Waals surface area contributed by atoms with Crippen molar-refractivity contribution in [2.24, 2.45) is 5.92 Å². The van der Waals surface area contributed by atoms with Crippen molar-refractivity contribution in [2.75, 3.05) is 26.7 Å². The van der Waals surface area contributed by atoms with Crippen LogP contribution < -0.4 is 20.1 Å². The van der Waals surface area contributed by atoms with Crippen molar-refractivity contribution < 1.29 is 23.1 Å². The van der Waals surface area contributed by atoms with E-state index in [2.05, 4.69) is 15.4 Å². The molecule has 8 nitrogen and oxygen atoms in total. The summed E-state index contributed by atoms with van der Waals surface area (Å²) in [6.45, 7) is 4.86. The first kappa shape index (κ1) is 19.6. The van der Waals surface area contributed by atoms with E-state index in [0.717, 1.165) is 0 Å². The van der Waals surface area contributed by atoms with Crippen molar-refractivity contribution in [3.05, 3.63) is 23.8 Å². The van der Waals surface area contributed by atoms with Crippen LogP contribution in [-0.4, -0.2) is 58.3 Å². The van der Waals surface area contributed by atoms with Crippen LogP contribution in [0.5, 0.6) is 5.75 Å². The summed E-state index contributed by atoms with van der Waals surface area (Å²) in [5.41, 5.74) is 0.213. The second-order valence-corrected chi connectivity index (χ2v) is 8.02. The lowest BCUT2D eigenvalue weighted by Gasteiger charge is -2.16. The normalized spacial score (nSPS) is 20.7. The van der Waals surface area contributed by atoms with E-state index in [1.807, 2.05) is 0 Å². The van der Waals surface area contributed by atoms with Gasteiger partial charge in [0.25, 0.3) is 5.91 Å². The molecule has 0 aromatic heterocycles. The fourth-order valence-electron chi connectivity index (χ4n) is 2.66. The summed E-state index contributed by atoms with van der Waals surface area (Å²) in [4.78, 5) is 12.3. The minimum atomic E-state index is -3.80. The molecule has 9 heteroatoms. The van der Waals surface area contributed by atoms with Crippen LogP contribution >= 0.6 is 0 Å². The highest BCUT2D eigenvalue weighted by Gasteiger charge is 2.26. The van der Waals surface area contributed by atoms with Crippen LogP contribution in [0.1, 0.15) is 24.2 Å².